The minimum Gasteiger partial charge on any atom is -0.492 e. The van der Waals surface area contributed by atoms with Crippen LogP contribution in [0.15, 0.2) is 18.2 Å². The highest BCUT2D eigenvalue weighted by Crippen LogP contribution is 2.40. The number of H-pyrrole nitrogens is 1. The topological polar surface area (TPSA) is 29.9 Å². The Kier molecular flexibility index (Phi) is 4.60. The van der Waals surface area contributed by atoms with Crippen molar-refractivity contribution < 1.29 is 4.74 Å². The fourth-order valence-corrected chi connectivity index (χ4v) is 4.92. The van der Waals surface area contributed by atoms with E-state index in [-0.39, 0.29) is 0 Å². The monoisotopic (exact) mass is 322 g/mol. The van der Waals surface area contributed by atoms with E-state index in [0.29, 0.717) is 17.9 Å². The van der Waals surface area contributed by atoms with Crippen molar-refractivity contribution in [3.8, 4) is 5.75 Å². The molecule has 114 valence electrons. The second-order valence-electron chi connectivity index (χ2n) is 5.38. The highest BCUT2D eigenvalue weighted by Gasteiger charge is 2.30. The smallest absolute Gasteiger partial charge is 0.178 e. The first-order valence-electron chi connectivity index (χ1n) is 7.73. The van der Waals surface area contributed by atoms with Crippen LogP contribution in [0.4, 0.5) is 0 Å². The van der Waals surface area contributed by atoms with Gasteiger partial charge in [-0.25, -0.2) is 0 Å². The van der Waals surface area contributed by atoms with Gasteiger partial charge in [0.15, 0.2) is 4.77 Å². The van der Waals surface area contributed by atoms with Gasteiger partial charge in [-0.1, -0.05) is 19.4 Å². The van der Waals surface area contributed by atoms with Crippen LogP contribution in [-0.4, -0.2) is 27.2 Å². The summed E-state index contributed by atoms with van der Waals surface area (Å²) in [5, 5.41) is 0.677. The summed E-state index contributed by atoms with van der Waals surface area (Å²) in [7, 11) is 0. The number of thioether (sulfide) groups is 1. The second kappa shape index (κ2) is 6.44. The van der Waals surface area contributed by atoms with Crippen molar-refractivity contribution in [1.82, 2.24) is 9.55 Å². The number of para-hydroxylation sites is 1. The van der Waals surface area contributed by atoms with E-state index in [4.69, 9.17) is 17.0 Å². The minimum atomic E-state index is 0.507. The Morgan fingerprint density at radius 2 is 2.24 bits per heavy atom. The van der Waals surface area contributed by atoms with Gasteiger partial charge in [-0.2, -0.15) is 11.8 Å². The van der Waals surface area contributed by atoms with Crippen LogP contribution in [0.25, 0.3) is 11.0 Å². The largest absolute Gasteiger partial charge is 0.492 e. The summed E-state index contributed by atoms with van der Waals surface area (Å²) in [5.74, 6) is 2.07. The molecule has 1 aliphatic carbocycles. The van der Waals surface area contributed by atoms with Crippen LogP contribution in [0.3, 0.4) is 0 Å². The lowest BCUT2D eigenvalue weighted by molar-refractivity contribution is 0.343. The molecule has 1 fully saturated rings. The highest BCUT2D eigenvalue weighted by molar-refractivity contribution is 7.99. The lowest BCUT2D eigenvalue weighted by Gasteiger charge is -2.21. The van der Waals surface area contributed by atoms with Gasteiger partial charge in [0.1, 0.15) is 11.3 Å². The van der Waals surface area contributed by atoms with Gasteiger partial charge in [-0.05, 0) is 49.9 Å². The standard InChI is InChI=1S/C16H22N2OS2/c1-3-19-13-9-5-8-12-15(13)17-16(20)18(12)11-7-6-10-14(11)21-4-2/h5,8-9,11,14H,3-4,6-7,10H2,1-2H3,(H,17,20). The molecule has 0 saturated heterocycles. The van der Waals surface area contributed by atoms with Crippen molar-refractivity contribution in [2.45, 2.75) is 44.4 Å². The van der Waals surface area contributed by atoms with Crippen LogP contribution in [-0.2, 0) is 0 Å². The lowest BCUT2D eigenvalue weighted by Crippen LogP contribution is -2.16. The SMILES string of the molecule is CCOc1cccc2c1[nH]c(=S)n2C1CCCC1SCC. The Bertz CT molecular complexity index is 676. The molecule has 0 bridgehead atoms. The third kappa shape index (κ3) is 2.73. The normalized spacial score (nSPS) is 22.0. The van der Waals surface area contributed by atoms with Crippen LogP contribution < -0.4 is 4.74 Å². The van der Waals surface area contributed by atoms with Gasteiger partial charge in [0.2, 0.25) is 0 Å². The first kappa shape index (κ1) is 15.0. The maximum Gasteiger partial charge on any atom is 0.178 e. The molecule has 21 heavy (non-hydrogen) atoms. The number of ether oxygens (including phenoxy) is 1. The minimum absolute atomic E-state index is 0.507. The zero-order valence-corrected chi connectivity index (χ0v) is 14.2. The Morgan fingerprint density at radius 1 is 1.38 bits per heavy atom. The Morgan fingerprint density at radius 3 is 3.00 bits per heavy atom. The summed E-state index contributed by atoms with van der Waals surface area (Å²) in [5.41, 5.74) is 2.22. The zero-order valence-electron chi connectivity index (χ0n) is 12.6. The molecule has 1 aromatic heterocycles. The van der Waals surface area contributed by atoms with Crippen molar-refractivity contribution in [1.29, 1.82) is 0 Å². The van der Waals surface area contributed by atoms with Crippen LogP contribution in [0, 0.1) is 4.77 Å². The molecule has 1 aromatic carbocycles. The van der Waals surface area contributed by atoms with E-state index < -0.39 is 0 Å². The first-order chi connectivity index (χ1) is 10.3. The summed E-state index contributed by atoms with van der Waals surface area (Å²) in [6, 6.07) is 6.72. The Balaban J connectivity index is 2.08. The number of aromatic nitrogens is 2. The number of fused-ring (bicyclic) bond motifs is 1. The van der Waals surface area contributed by atoms with Gasteiger partial charge in [0.25, 0.3) is 0 Å². The number of rotatable bonds is 5. The van der Waals surface area contributed by atoms with E-state index >= 15 is 0 Å². The highest BCUT2D eigenvalue weighted by atomic mass is 32.2. The molecular formula is C16H22N2OS2. The van der Waals surface area contributed by atoms with E-state index in [2.05, 4.69) is 40.4 Å². The van der Waals surface area contributed by atoms with E-state index in [1.807, 2.05) is 13.0 Å². The molecule has 0 radical (unpaired) electrons. The molecule has 3 rings (SSSR count). The van der Waals surface area contributed by atoms with Crippen molar-refractivity contribution in [3.63, 3.8) is 0 Å². The van der Waals surface area contributed by atoms with Crippen LogP contribution in [0.1, 0.15) is 39.2 Å². The van der Waals surface area contributed by atoms with Crippen molar-refractivity contribution in [2.24, 2.45) is 0 Å². The predicted octanol–water partition coefficient (Wildman–Crippen LogP) is 4.94. The molecule has 1 N–H and O–H groups in total. The zero-order chi connectivity index (χ0) is 14.8. The van der Waals surface area contributed by atoms with E-state index in [1.165, 1.54) is 30.5 Å². The molecule has 0 spiro atoms. The fourth-order valence-electron chi connectivity index (χ4n) is 3.34. The summed E-state index contributed by atoms with van der Waals surface area (Å²) >= 11 is 7.68. The van der Waals surface area contributed by atoms with Gasteiger partial charge < -0.3 is 14.3 Å². The summed E-state index contributed by atoms with van der Waals surface area (Å²) in [6.45, 7) is 4.92. The maximum absolute atomic E-state index is 5.73. The summed E-state index contributed by atoms with van der Waals surface area (Å²) in [4.78, 5) is 3.36. The van der Waals surface area contributed by atoms with Gasteiger partial charge >= 0.3 is 0 Å². The molecule has 5 heteroatoms. The lowest BCUT2D eigenvalue weighted by atomic mass is 10.2. The molecule has 1 aliphatic rings. The van der Waals surface area contributed by atoms with Crippen molar-refractivity contribution in [3.05, 3.63) is 23.0 Å². The number of imidazole rings is 1. The Labute approximate surface area is 135 Å². The van der Waals surface area contributed by atoms with Crippen molar-refractivity contribution >= 4 is 35.0 Å². The number of benzene rings is 1. The quantitative estimate of drug-likeness (QED) is 0.790. The number of hydrogen-bond acceptors (Lipinski definition) is 3. The van der Waals surface area contributed by atoms with E-state index in [9.17, 15) is 0 Å². The summed E-state index contributed by atoms with van der Waals surface area (Å²) in [6.07, 6.45) is 3.81. The number of nitrogens with one attached hydrogen (secondary N) is 1. The molecule has 0 aliphatic heterocycles. The van der Waals surface area contributed by atoms with Crippen LogP contribution >= 0.6 is 24.0 Å². The second-order valence-corrected chi connectivity index (χ2v) is 7.28. The van der Waals surface area contributed by atoms with Gasteiger partial charge in [-0.3, -0.25) is 0 Å². The van der Waals surface area contributed by atoms with Crippen molar-refractivity contribution in [2.75, 3.05) is 12.4 Å². The maximum atomic E-state index is 5.73. The van der Waals surface area contributed by atoms with E-state index in [1.54, 1.807) is 0 Å². The molecule has 2 atom stereocenters. The third-order valence-electron chi connectivity index (χ3n) is 4.14. The van der Waals surface area contributed by atoms with Gasteiger partial charge in [-0.15, -0.1) is 0 Å². The van der Waals surface area contributed by atoms with Gasteiger partial charge in [0, 0.05) is 11.3 Å². The fraction of sp³-hybridized carbons (Fsp3) is 0.562. The molecule has 2 aromatic rings. The average molecular weight is 322 g/mol. The molecule has 1 saturated carbocycles. The Hall–Kier alpha value is -0.940. The van der Waals surface area contributed by atoms with Gasteiger partial charge in [0.05, 0.1) is 12.1 Å². The molecule has 1 heterocycles. The molecule has 2 unspecified atom stereocenters. The van der Waals surface area contributed by atoms with Crippen LogP contribution in [0.5, 0.6) is 5.75 Å². The molecular weight excluding hydrogens is 300 g/mol. The van der Waals surface area contributed by atoms with E-state index in [0.717, 1.165) is 16.0 Å². The summed E-state index contributed by atoms with van der Waals surface area (Å²) < 4.78 is 8.88. The third-order valence-corrected chi connectivity index (χ3v) is 5.75. The molecule has 0 amide bonds. The van der Waals surface area contributed by atoms with Crippen LogP contribution in [0.2, 0.25) is 0 Å². The molecule has 3 nitrogen and oxygen atoms in total. The number of nitrogens with zero attached hydrogens (tertiary/aromatic N) is 1. The predicted molar refractivity (Wildman–Crippen MR) is 93.1 cm³/mol. The number of aromatic amines is 1. The number of hydrogen-bond donors (Lipinski definition) is 1. The first-order valence-corrected chi connectivity index (χ1v) is 9.19. The average Bonchev–Trinajstić information content (AvgIpc) is 3.03.